The number of aryl methyl sites for hydroxylation is 1. The van der Waals surface area contributed by atoms with Gasteiger partial charge < -0.3 is 9.32 Å². The van der Waals surface area contributed by atoms with Gasteiger partial charge in [-0.2, -0.15) is 5.26 Å². The maximum Gasteiger partial charge on any atom is 0.258 e. The van der Waals surface area contributed by atoms with E-state index in [-0.39, 0.29) is 11.5 Å². The second-order valence-electron chi connectivity index (χ2n) is 6.85. The van der Waals surface area contributed by atoms with Crippen LogP contribution in [0.25, 0.3) is 5.88 Å². The molecule has 1 fully saturated rings. The Balaban J connectivity index is 1.48. The van der Waals surface area contributed by atoms with E-state index in [0.29, 0.717) is 30.3 Å². The largest absolute Gasteiger partial charge is 0.443 e. The van der Waals surface area contributed by atoms with Crippen molar-refractivity contribution in [2.24, 2.45) is 0 Å². The highest BCUT2D eigenvalue weighted by molar-refractivity contribution is 5.98. The summed E-state index contributed by atoms with van der Waals surface area (Å²) < 4.78 is 7.49. The number of furan rings is 1. The lowest BCUT2D eigenvalue weighted by molar-refractivity contribution is 0.0626. The molecule has 3 aromatic heterocycles. The Morgan fingerprint density at radius 1 is 1.21 bits per heavy atom. The zero-order valence-corrected chi connectivity index (χ0v) is 15.7. The summed E-state index contributed by atoms with van der Waals surface area (Å²) >= 11 is 0. The van der Waals surface area contributed by atoms with Crippen molar-refractivity contribution in [2.75, 3.05) is 26.2 Å². The minimum Gasteiger partial charge on any atom is -0.443 e. The first-order valence-electron chi connectivity index (χ1n) is 9.24. The monoisotopic (exact) mass is 375 g/mol. The van der Waals surface area contributed by atoms with E-state index in [2.05, 4.69) is 22.0 Å². The van der Waals surface area contributed by atoms with Crippen LogP contribution in [0.5, 0.6) is 0 Å². The second-order valence-corrected chi connectivity index (χ2v) is 6.85. The lowest BCUT2D eigenvalue weighted by atomic mass is 10.1. The van der Waals surface area contributed by atoms with Crippen LogP contribution in [0.4, 0.5) is 0 Å². The number of aromatic nitrogens is 2. The summed E-state index contributed by atoms with van der Waals surface area (Å²) in [5.41, 5.74) is 1.82. The minimum absolute atomic E-state index is 0.141. The highest BCUT2D eigenvalue weighted by Crippen LogP contribution is 2.27. The SMILES string of the molecule is Cc1oc(-n2cccc2)c(C#N)c1C(=O)N1CCN(Cc2cccnc2)CC1. The van der Waals surface area contributed by atoms with Crippen LogP contribution in [0.15, 0.2) is 53.5 Å². The summed E-state index contributed by atoms with van der Waals surface area (Å²) in [6, 6.07) is 9.84. The van der Waals surface area contributed by atoms with E-state index < -0.39 is 0 Å². The third-order valence-corrected chi connectivity index (χ3v) is 5.02. The smallest absolute Gasteiger partial charge is 0.258 e. The third kappa shape index (κ3) is 3.42. The van der Waals surface area contributed by atoms with Crippen molar-refractivity contribution in [3.63, 3.8) is 0 Å². The number of nitrogens with zero attached hydrogens (tertiary/aromatic N) is 5. The standard InChI is InChI=1S/C21H21N5O2/c1-16-19(18(13-22)21(28-16)26-7-2-3-8-26)20(27)25-11-9-24(10-12-25)15-17-5-4-6-23-14-17/h2-8,14H,9-12,15H2,1H3. The third-order valence-electron chi connectivity index (χ3n) is 5.02. The van der Waals surface area contributed by atoms with E-state index >= 15 is 0 Å². The van der Waals surface area contributed by atoms with Crippen molar-refractivity contribution in [1.82, 2.24) is 19.4 Å². The fourth-order valence-corrected chi connectivity index (χ4v) is 3.56. The van der Waals surface area contributed by atoms with Crippen LogP contribution in [0.1, 0.15) is 27.2 Å². The number of rotatable bonds is 4. The van der Waals surface area contributed by atoms with Gasteiger partial charge in [-0.1, -0.05) is 6.07 Å². The zero-order chi connectivity index (χ0) is 19.5. The molecule has 1 amide bonds. The number of nitriles is 1. The lowest BCUT2D eigenvalue weighted by Gasteiger charge is -2.34. The Hall–Kier alpha value is -3.37. The molecule has 1 saturated heterocycles. The van der Waals surface area contributed by atoms with Crippen LogP contribution in [-0.4, -0.2) is 51.4 Å². The van der Waals surface area contributed by atoms with Crippen LogP contribution in [0, 0.1) is 18.3 Å². The molecule has 1 aliphatic rings. The fraction of sp³-hybridized carbons (Fsp3) is 0.286. The number of pyridine rings is 1. The topological polar surface area (TPSA) is 78.3 Å². The summed E-state index contributed by atoms with van der Waals surface area (Å²) in [5.74, 6) is 0.726. The van der Waals surface area contributed by atoms with Gasteiger partial charge in [-0.25, -0.2) is 0 Å². The predicted octanol–water partition coefficient (Wildman–Crippen LogP) is 2.60. The Labute approximate surface area is 163 Å². The molecular weight excluding hydrogens is 354 g/mol. The number of carbonyl (C=O) groups excluding carboxylic acids is 1. The summed E-state index contributed by atoms with van der Waals surface area (Å²) in [6.07, 6.45) is 7.23. The van der Waals surface area contributed by atoms with Crippen molar-refractivity contribution in [3.8, 4) is 12.0 Å². The normalized spacial score (nSPS) is 14.8. The molecule has 3 aromatic rings. The molecule has 1 aliphatic heterocycles. The van der Waals surface area contributed by atoms with E-state index in [1.54, 1.807) is 35.0 Å². The van der Waals surface area contributed by atoms with E-state index in [1.165, 1.54) is 0 Å². The molecule has 142 valence electrons. The van der Waals surface area contributed by atoms with Gasteiger partial charge in [0.25, 0.3) is 5.91 Å². The lowest BCUT2D eigenvalue weighted by Crippen LogP contribution is -2.48. The first kappa shape index (κ1) is 18.0. The summed E-state index contributed by atoms with van der Waals surface area (Å²) in [7, 11) is 0. The zero-order valence-electron chi connectivity index (χ0n) is 15.7. The Morgan fingerprint density at radius 3 is 2.61 bits per heavy atom. The van der Waals surface area contributed by atoms with Crippen LogP contribution < -0.4 is 0 Å². The van der Waals surface area contributed by atoms with Crippen LogP contribution in [0.3, 0.4) is 0 Å². The molecule has 28 heavy (non-hydrogen) atoms. The summed E-state index contributed by atoms with van der Waals surface area (Å²) in [4.78, 5) is 21.4. The first-order valence-corrected chi connectivity index (χ1v) is 9.24. The van der Waals surface area contributed by atoms with E-state index in [1.807, 2.05) is 24.4 Å². The first-order chi connectivity index (χ1) is 13.7. The molecule has 4 heterocycles. The minimum atomic E-state index is -0.141. The number of hydrogen-bond donors (Lipinski definition) is 0. The van der Waals surface area contributed by atoms with E-state index in [0.717, 1.165) is 25.2 Å². The van der Waals surface area contributed by atoms with Gasteiger partial charge in [0.2, 0.25) is 5.88 Å². The maximum absolute atomic E-state index is 13.1. The van der Waals surface area contributed by atoms with Crippen molar-refractivity contribution >= 4 is 5.91 Å². The molecule has 4 rings (SSSR count). The summed E-state index contributed by atoms with van der Waals surface area (Å²) in [6.45, 7) is 5.36. The van der Waals surface area contributed by atoms with Gasteiger partial charge >= 0.3 is 0 Å². The number of hydrogen-bond acceptors (Lipinski definition) is 5. The molecule has 7 nitrogen and oxygen atoms in total. The second kappa shape index (κ2) is 7.71. The van der Waals surface area contributed by atoms with Gasteiger partial charge in [-0.3, -0.25) is 19.2 Å². The maximum atomic E-state index is 13.1. The quantitative estimate of drug-likeness (QED) is 0.700. The molecule has 0 atom stereocenters. The molecule has 0 N–H and O–H groups in total. The average Bonchev–Trinajstić information content (AvgIpc) is 3.36. The molecular formula is C21H21N5O2. The highest BCUT2D eigenvalue weighted by Gasteiger charge is 2.30. The van der Waals surface area contributed by atoms with Crippen LogP contribution in [-0.2, 0) is 6.54 Å². The molecule has 0 radical (unpaired) electrons. The molecule has 0 saturated carbocycles. The average molecular weight is 375 g/mol. The number of carbonyl (C=O) groups is 1. The Bertz CT molecular complexity index is 994. The Morgan fingerprint density at radius 2 is 1.96 bits per heavy atom. The number of amides is 1. The molecule has 0 aliphatic carbocycles. The van der Waals surface area contributed by atoms with E-state index in [4.69, 9.17) is 4.42 Å². The molecule has 0 aromatic carbocycles. The van der Waals surface area contributed by atoms with E-state index in [9.17, 15) is 10.1 Å². The van der Waals surface area contributed by atoms with Crippen molar-refractivity contribution in [3.05, 3.63) is 71.5 Å². The van der Waals surface area contributed by atoms with Gasteiger partial charge in [0.1, 0.15) is 23.0 Å². The molecule has 7 heteroatoms. The van der Waals surface area contributed by atoms with Gasteiger partial charge in [-0.15, -0.1) is 0 Å². The predicted molar refractivity (Wildman–Crippen MR) is 103 cm³/mol. The molecule has 0 unspecified atom stereocenters. The van der Waals surface area contributed by atoms with Crippen molar-refractivity contribution in [1.29, 1.82) is 5.26 Å². The highest BCUT2D eigenvalue weighted by atomic mass is 16.4. The van der Waals surface area contributed by atoms with Crippen LogP contribution >= 0.6 is 0 Å². The summed E-state index contributed by atoms with van der Waals surface area (Å²) in [5, 5.41) is 9.66. The fourth-order valence-electron chi connectivity index (χ4n) is 3.56. The van der Waals surface area contributed by atoms with Crippen molar-refractivity contribution in [2.45, 2.75) is 13.5 Å². The Kier molecular flexibility index (Phi) is 4.96. The molecule has 0 bridgehead atoms. The molecule has 0 spiro atoms. The van der Waals surface area contributed by atoms with Crippen LogP contribution in [0.2, 0.25) is 0 Å². The van der Waals surface area contributed by atoms with Gasteiger partial charge in [-0.05, 0) is 30.7 Å². The van der Waals surface area contributed by atoms with Gasteiger partial charge in [0.05, 0.1) is 0 Å². The van der Waals surface area contributed by atoms with Gasteiger partial charge in [0.15, 0.2) is 0 Å². The van der Waals surface area contributed by atoms with Crippen molar-refractivity contribution < 1.29 is 9.21 Å². The number of piperazine rings is 1. The van der Waals surface area contributed by atoms with Gasteiger partial charge in [0, 0.05) is 57.5 Å².